The Labute approximate surface area is 137 Å². The van der Waals surface area contributed by atoms with E-state index in [1.807, 2.05) is 19.1 Å². The van der Waals surface area contributed by atoms with Crippen LogP contribution in [0.1, 0.15) is 26.0 Å². The molecule has 0 aliphatic carbocycles. The molecule has 0 saturated carbocycles. The zero-order valence-corrected chi connectivity index (χ0v) is 14.6. The minimum Gasteiger partial charge on any atom is -0.493 e. The lowest BCUT2D eigenvalue weighted by molar-refractivity contribution is 0.355. The number of anilines is 1. The van der Waals surface area contributed by atoms with Crippen molar-refractivity contribution in [2.45, 2.75) is 27.2 Å². The third-order valence-corrected chi connectivity index (χ3v) is 4.10. The molecule has 6 nitrogen and oxygen atoms in total. The van der Waals surface area contributed by atoms with Crippen molar-refractivity contribution >= 4 is 16.6 Å². The molecule has 1 heterocycles. The molecule has 2 aromatic rings. The molecule has 0 radical (unpaired) electrons. The van der Waals surface area contributed by atoms with Crippen LogP contribution in [0.25, 0.3) is 10.9 Å². The highest BCUT2D eigenvalue weighted by Gasteiger charge is 2.16. The molecule has 0 fully saturated rings. The second-order valence-electron chi connectivity index (χ2n) is 6.43. The third-order valence-electron chi connectivity index (χ3n) is 4.10. The number of nitrogens with zero attached hydrogens (tertiary/aromatic N) is 2. The van der Waals surface area contributed by atoms with Crippen molar-refractivity contribution in [2.24, 2.45) is 11.1 Å². The van der Waals surface area contributed by atoms with Crippen LogP contribution in [0.3, 0.4) is 0 Å². The number of hydrogen-bond donors (Lipinski definition) is 2. The van der Waals surface area contributed by atoms with Crippen LogP contribution in [-0.2, 0) is 0 Å². The predicted molar refractivity (Wildman–Crippen MR) is 93.3 cm³/mol. The first-order chi connectivity index (χ1) is 10.9. The van der Waals surface area contributed by atoms with Gasteiger partial charge in [-0.3, -0.25) is 0 Å². The van der Waals surface area contributed by atoms with E-state index >= 15 is 0 Å². The first-order valence-electron chi connectivity index (χ1n) is 7.75. The van der Waals surface area contributed by atoms with Crippen molar-refractivity contribution in [3.8, 4) is 11.5 Å². The van der Waals surface area contributed by atoms with Crippen LogP contribution < -0.4 is 20.5 Å². The van der Waals surface area contributed by atoms with Gasteiger partial charge in [-0.25, -0.2) is 0 Å². The van der Waals surface area contributed by atoms with Crippen LogP contribution in [0.4, 0.5) is 5.69 Å². The average Bonchev–Trinajstić information content (AvgIpc) is 2.55. The molecule has 126 valence electrons. The minimum atomic E-state index is 0.109. The van der Waals surface area contributed by atoms with E-state index in [0.29, 0.717) is 18.0 Å². The lowest BCUT2D eigenvalue weighted by Gasteiger charge is -2.23. The van der Waals surface area contributed by atoms with Crippen molar-refractivity contribution in [1.29, 1.82) is 0 Å². The van der Waals surface area contributed by atoms with Gasteiger partial charge in [-0.05, 0) is 31.4 Å². The fourth-order valence-corrected chi connectivity index (χ4v) is 2.38. The molecular formula is C17H26N4O2. The summed E-state index contributed by atoms with van der Waals surface area (Å²) < 4.78 is 10.7. The molecule has 0 saturated heterocycles. The summed E-state index contributed by atoms with van der Waals surface area (Å²) in [5.41, 5.74) is 8.51. The Morgan fingerprint density at radius 2 is 1.78 bits per heavy atom. The van der Waals surface area contributed by atoms with Gasteiger partial charge in [0.1, 0.15) is 0 Å². The maximum Gasteiger partial charge on any atom is 0.162 e. The Hall–Kier alpha value is -2.08. The highest BCUT2D eigenvalue weighted by atomic mass is 16.5. The summed E-state index contributed by atoms with van der Waals surface area (Å²) in [6.45, 7) is 7.75. The molecule has 0 unspecified atom stereocenters. The molecule has 0 amide bonds. The fourth-order valence-electron chi connectivity index (χ4n) is 2.38. The molecule has 3 N–H and O–H groups in total. The van der Waals surface area contributed by atoms with Gasteiger partial charge in [0.25, 0.3) is 0 Å². The maximum absolute atomic E-state index is 5.80. The summed E-state index contributed by atoms with van der Waals surface area (Å²) in [4.78, 5) is 0. The first kappa shape index (κ1) is 17.3. The lowest BCUT2D eigenvalue weighted by Crippen LogP contribution is -2.26. The zero-order valence-electron chi connectivity index (χ0n) is 14.6. The molecule has 1 aromatic carbocycles. The molecule has 0 spiro atoms. The standard InChI is InChI=1S/C17H26N4O2/c1-11-16(19-7-6-17(2,3)10-18)12-8-14(22-4)15(23-5)9-13(12)21-20-11/h8-9H,6-7,10,18H2,1-5H3,(H,19,21). The largest absolute Gasteiger partial charge is 0.493 e. The summed E-state index contributed by atoms with van der Waals surface area (Å²) in [5.74, 6) is 1.33. The molecular weight excluding hydrogens is 292 g/mol. The number of aryl methyl sites for hydroxylation is 1. The Kier molecular flexibility index (Phi) is 5.26. The van der Waals surface area contributed by atoms with E-state index in [0.717, 1.165) is 35.2 Å². The summed E-state index contributed by atoms with van der Waals surface area (Å²) in [7, 11) is 3.24. The van der Waals surface area contributed by atoms with E-state index in [2.05, 4.69) is 29.4 Å². The van der Waals surface area contributed by atoms with Crippen molar-refractivity contribution in [1.82, 2.24) is 10.2 Å². The van der Waals surface area contributed by atoms with Crippen molar-refractivity contribution in [3.05, 3.63) is 17.8 Å². The minimum absolute atomic E-state index is 0.109. The Morgan fingerprint density at radius 3 is 2.39 bits per heavy atom. The van der Waals surface area contributed by atoms with E-state index in [9.17, 15) is 0 Å². The fraction of sp³-hybridized carbons (Fsp3) is 0.529. The van der Waals surface area contributed by atoms with Gasteiger partial charge >= 0.3 is 0 Å². The number of nitrogens with one attached hydrogen (secondary N) is 1. The van der Waals surface area contributed by atoms with Gasteiger partial charge in [-0.1, -0.05) is 13.8 Å². The number of benzene rings is 1. The number of hydrogen-bond acceptors (Lipinski definition) is 6. The van der Waals surface area contributed by atoms with Gasteiger partial charge in [-0.2, -0.15) is 5.10 Å². The van der Waals surface area contributed by atoms with Crippen LogP contribution in [-0.4, -0.2) is 37.5 Å². The van der Waals surface area contributed by atoms with Crippen LogP contribution in [0.2, 0.25) is 0 Å². The number of fused-ring (bicyclic) bond motifs is 1. The number of nitrogens with two attached hydrogens (primary N) is 1. The molecule has 0 atom stereocenters. The van der Waals surface area contributed by atoms with Gasteiger partial charge < -0.3 is 20.5 Å². The second kappa shape index (κ2) is 7.00. The van der Waals surface area contributed by atoms with Gasteiger partial charge in [0.05, 0.1) is 31.1 Å². The van der Waals surface area contributed by atoms with E-state index in [1.165, 1.54) is 0 Å². The summed E-state index contributed by atoms with van der Waals surface area (Å²) >= 11 is 0. The van der Waals surface area contributed by atoms with E-state index in [4.69, 9.17) is 15.2 Å². The number of aromatic nitrogens is 2. The first-order valence-corrected chi connectivity index (χ1v) is 7.75. The van der Waals surface area contributed by atoms with E-state index < -0.39 is 0 Å². The normalized spacial score (nSPS) is 11.6. The zero-order chi connectivity index (χ0) is 17.0. The summed E-state index contributed by atoms with van der Waals surface area (Å²) in [5, 5.41) is 12.9. The quantitative estimate of drug-likeness (QED) is 0.817. The SMILES string of the molecule is COc1cc2nnc(C)c(NCCC(C)(C)CN)c2cc1OC. The molecule has 1 aromatic heterocycles. The van der Waals surface area contributed by atoms with E-state index in [-0.39, 0.29) is 5.41 Å². The topological polar surface area (TPSA) is 82.3 Å². The molecule has 0 aliphatic heterocycles. The summed E-state index contributed by atoms with van der Waals surface area (Å²) in [6, 6.07) is 3.78. The van der Waals surface area contributed by atoms with Gasteiger partial charge in [0.15, 0.2) is 11.5 Å². The Bertz CT molecular complexity index is 686. The van der Waals surface area contributed by atoms with Crippen molar-refractivity contribution < 1.29 is 9.47 Å². The highest BCUT2D eigenvalue weighted by Crippen LogP contribution is 2.35. The molecule has 0 bridgehead atoms. The number of rotatable bonds is 7. The van der Waals surface area contributed by atoms with Gasteiger partial charge in [-0.15, -0.1) is 5.10 Å². The monoisotopic (exact) mass is 318 g/mol. The predicted octanol–water partition coefficient (Wildman–Crippen LogP) is 2.74. The lowest BCUT2D eigenvalue weighted by atomic mass is 9.89. The highest BCUT2D eigenvalue weighted by molar-refractivity contribution is 5.94. The Balaban J connectivity index is 2.36. The van der Waals surface area contributed by atoms with Crippen LogP contribution in [0, 0.1) is 12.3 Å². The van der Waals surface area contributed by atoms with Crippen LogP contribution in [0.15, 0.2) is 12.1 Å². The number of ether oxygens (including phenoxy) is 2. The van der Waals surface area contributed by atoms with Crippen molar-refractivity contribution in [2.75, 3.05) is 32.6 Å². The average molecular weight is 318 g/mol. The molecule has 6 heteroatoms. The third kappa shape index (κ3) is 3.82. The molecule has 0 aliphatic rings. The van der Waals surface area contributed by atoms with Crippen LogP contribution in [0.5, 0.6) is 11.5 Å². The smallest absolute Gasteiger partial charge is 0.162 e. The van der Waals surface area contributed by atoms with E-state index in [1.54, 1.807) is 14.2 Å². The van der Waals surface area contributed by atoms with Crippen molar-refractivity contribution in [3.63, 3.8) is 0 Å². The molecule has 2 rings (SSSR count). The van der Waals surface area contributed by atoms with Gasteiger partial charge in [0.2, 0.25) is 0 Å². The van der Waals surface area contributed by atoms with Crippen LogP contribution >= 0.6 is 0 Å². The maximum atomic E-state index is 5.80. The molecule has 23 heavy (non-hydrogen) atoms. The summed E-state index contributed by atoms with van der Waals surface area (Å²) in [6.07, 6.45) is 0.972. The number of methoxy groups -OCH3 is 2. The Morgan fingerprint density at radius 1 is 1.13 bits per heavy atom. The van der Waals surface area contributed by atoms with Gasteiger partial charge in [0, 0.05) is 18.0 Å². The second-order valence-corrected chi connectivity index (χ2v) is 6.43.